The lowest BCUT2D eigenvalue weighted by Crippen LogP contribution is -2.61. The molecule has 10 nitrogen and oxygen atoms in total. The van der Waals surface area contributed by atoms with Crippen molar-refractivity contribution in [3.05, 3.63) is 32.6 Å². The molecule has 2 fully saturated rings. The van der Waals surface area contributed by atoms with Gasteiger partial charge in [0.05, 0.1) is 18.4 Å². The van der Waals surface area contributed by atoms with E-state index in [1.807, 2.05) is 0 Å². The average Bonchev–Trinajstić information content (AvgIpc) is 2.61. The molecule has 2 aliphatic rings. The number of sulfonamides is 1. The first-order chi connectivity index (χ1) is 10.2. The summed E-state index contributed by atoms with van der Waals surface area (Å²) in [5.74, 6) is -0.623. The number of ether oxygens (including phenoxy) is 1. The summed E-state index contributed by atoms with van der Waals surface area (Å²) in [6.45, 7) is 0.747. The van der Waals surface area contributed by atoms with Crippen LogP contribution in [0.3, 0.4) is 0 Å². The van der Waals surface area contributed by atoms with Gasteiger partial charge in [0.1, 0.15) is 11.7 Å². The third kappa shape index (κ3) is 2.13. The minimum absolute atomic E-state index is 0.222. The zero-order valence-electron chi connectivity index (χ0n) is 11.5. The molecule has 0 saturated carbocycles. The molecule has 0 aliphatic carbocycles. The van der Waals surface area contributed by atoms with Crippen LogP contribution in [-0.4, -0.2) is 58.3 Å². The monoisotopic (exact) mass is 333 g/mol. The van der Waals surface area contributed by atoms with E-state index < -0.39 is 57.6 Å². The lowest BCUT2D eigenvalue weighted by atomic mass is 9.97. The molecule has 0 amide bonds. The molecule has 2 bridgehead atoms. The molecule has 2 saturated heterocycles. The Balaban J connectivity index is 2.13. The minimum atomic E-state index is -3.78. The van der Waals surface area contributed by atoms with Gasteiger partial charge in [-0.1, -0.05) is 0 Å². The van der Waals surface area contributed by atoms with Crippen molar-refractivity contribution in [3.63, 3.8) is 0 Å². The number of hydrogen-bond acceptors (Lipinski definition) is 7. The second-order valence-corrected chi connectivity index (χ2v) is 7.31. The van der Waals surface area contributed by atoms with E-state index >= 15 is 0 Å². The van der Waals surface area contributed by atoms with Crippen LogP contribution < -0.4 is 16.0 Å². The number of rotatable bonds is 2. The second-order valence-electron chi connectivity index (χ2n) is 5.56. The van der Waals surface area contributed by atoms with Crippen molar-refractivity contribution >= 4 is 10.0 Å². The highest BCUT2D eigenvalue weighted by Crippen LogP contribution is 2.40. The molecule has 0 aromatic carbocycles. The largest absolute Gasteiger partial charge is 0.393 e. The van der Waals surface area contributed by atoms with Gasteiger partial charge in [0, 0.05) is 11.8 Å². The van der Waals surface area contributed by atoms with Crippen molar-refractivity contribution < 1.29 is 23.4 Å². The van der Waals surface area contributed by atoms with Crippen molar-refractivity contribution in [2.24, 2.45) is 0 Å². The lowest BCUT2D eigenvalue weighted by Gasteiger charge is -2.33. The maximum Gasteiger partial charge on any atom is 0.330 e. The molecular formula is C11H15N3O7S. The zero-order valence-corrected chi connectivity index (χ0v) is 12.3. The van der Waals surface area contributed by atoms with Crippen LogP contribution in [0.5, 0.6) is 0 Å². The highest BCUT2D eigenvalue weighted by Gasteiger charge is 2.61. The Labute approximate surface area is 124 Å². The maximum atomic E-state index is 11.9. The van der Waals surface area contributed by atoms with Gasteiger partial charge in [0.2, 0.25) is 10.0 Å². The van der Waals surface area contributed by atoms with Gasteiger partial charge >= 0.3 is 5.69 Å². The molecule has 122 valence electrons. The van der Waals surface area contributed by atoms with E-state index in [0.717, 1.165) is 4.57 Å². The van der Waals surface area contributed by atoms with Crippen molar-refractivity contribution in [1.29, 1.82) is 0 Å². The summed E-state index contributed by atoms with van der Waals surface area (Å²) in [7, 11) is -3.78. The normalized spacial score (nSPS) is 36.4. The van der Waals surface area contributed by atoms with Crippen molar-refractivity contribution in [1.82, 2.24) is 14.3 Å². The SMILES string of the molecule is Cc1cn([C@@H]2O[C@]3(CO)CS(=O)(=O)N[C@H]2C3O)c(=O)[nH]c1=O. The zero-order chi connectivity index (χ0) is 16.3. The Morgan fingerprint density at radius 2 is 2.18 bits per heavy atom. The maximum absolute atomic E-state index is 11.9. The van der Waals surface area contributed by atoms with E-state index in [2.05, 4.69) is 9.71 Å². The van der Waals surface area contributed by atoms with E-state index in [9.17, 15) is 28.2 Å². The van der Waals surface area contributed by atoms with Gasteiger partial charge in [0.15, 0.2) is 6.23 Å². The first kappa shape index (κ1) is 15.4. The van der Waals surface area contributed by atoms with Gasteiger partial charge in [-0.05, 0) is 6.92 Å². The predicted octanol–water partition coefficient (Wildman–Crippen LogP) is -3.23. The van der Waals surface area contributed by atoms with E-state index in [1.54, 1.807) is 0 Å². The lowest BCUT2D eigenvalue weighted by molar-refractivity contribution is -0.114. The summed E-state index contributed by atoms with van der Waals surface area (Å²) in [5.41, 5.74) is -2.85. The number of aromatic amines is 1. The highest BCUT2D eigenvalue weighted by molar-refractivity contribution is 7.89. The third-order valence-corrected chi connectivity index (χ3v) is 5.48. The molecule has 3 rings (SSSR count). The standard InChI is InChI=1S/C11H15N3O7S/c1-5-2-14(10(18)12-8(5)17)9-6-7(16)11(3-15,21-9)4-22(19,20)13-6/h2,6-7,9,13,15-16H,3-4H2,1H3,(H,12,17,18)/t6-,7?,9+,11+/m0/s1. The van der Waals surface area contributed by atoms with Gasteiger partial charge in [-0.25, -0.2) is 17.9 Å². The van der Waals surface area contributed by atoms with Crippen LogP contribution in [0.25, 0.3) is 0 Å². The van der Waals surface area contributed by atoms with Crippen molar-refractivity contribution in [2.45, 2.75) is 30.9 Å². The Bertz CT molecular complexity index is 829. The van der Waals surface area contributed by atoms with Crippen LogP contribution in [0, 0.1) is 6.92 Å². The summed E-state index contributed by atoms with van der Waals surface area (Å²) < 4.78 is 32.5. The number of H-pyrrole nitrogens is 1. The summed E-state index contributed by atoms with van der Waals surface area (Å²) >= 11 is 0. The molecule has 22 heavy (non-hydrogen) atoms. The number of nitrogens with zero attached hydrogens (tertiary/aromatic N) is 1. The molecule has 4 atom stereocenters. The van der Waals surface area contributed by atoms with Crippen LogP contribution in [-0.2, 0) is 14.8 Å². The summed E-state index contributed by atoms with van der Waals surface area (Å²) in [6, 6.07) is -1.14. The van der Waals surface area contributed by atoms with Gasteiger partial charge in [0.25, 0.3) is 5.56 Å². The van der Waals surface area contributed by atoms with Crippen LogP contribution in [0.4, 0.5) is 0 Å². The Morgan fingerprint density at radius 3 is 2.82 bits per heavy atom. The number of aliphatic hydroxyl groups is 2. The molecule has 0 spiro atoms. The topological polar surface area (TPSA) is 151 Å². The quantitative estimate of drug-likeness (QED) is 0.444. The van der Waals surface area contributed by atoms with E-state index in [4.69, 9.17) is 4.74 Å². The highest BCUT2D eigenvalue weighted by atomic mass is 32.2. The van der Waals surface area contributed by atoms with Gasteiger partial charge in [-0.2, -0.15) is 0 Å². The molecule has 0 radical (unpaired) electrons. The summed E-state index contributed by atoms with van der Waals surface area (Å²) in [6.07, 6.45) is -1.29. The molecule has 1 unspecified atom stereocenters. The molecule has 3 heterocycles. The van der Waals surface area contributed by atoms with E-state index in [-0.39, 0.29) is 5.56 Å². The van der Waals surface area contributed by atoms with E-state index in [1.165, 1.54) is 13.1 Å². The molecular weight excluding hydrogens is 318 g/mol. The Kier molecular flexibility index (Phi) is 3.30. The minimum Gasteiger partial charge on any atom is -0.393 e. The van der Waals surface area contributed by atoms with Crippen LogP contribution in [0.15, 0.2) is 15.8 Å². The second kappa shape index (κ2) is 4.73. The number of hydrogen-bond donors (Lipinski definition) is 4. The molecule has 4 N–H and O–H groups in total. The van der Waals surface area contributed by atoms with Gasteiger partial charge in [-0.15, -0.1) is 0 Å². The van der Waals surface area contributed by atoms with E-state index in [0.29, 0.717) is 0 Å². The van der Waals surface area contributed by atoms with Gasteiger partial charge < -0.3 is 14.9 Å². The molecule has 1 aromatic heterocycles. The van der Waals surface area contributed by atoms with Crippen molar-refractivity contribution in [3.8, 4) is 0 Å². The smallest absolute Gasteiger partial charge is 0.330 e. The number of nitrogens with one attached hydrogen (secondary N) is 2. The van der Waals surface area contributed by atoms with Gasteiger partial charge in [-0.3, -0.25) is 14.3 Å². The Hall–Kier alpha value is -1.53. The average molecular weight is 333 g/mol. The summed E-state index contributed by atoms with van der Waals surface area (Å²) in [5, 5.41) is 19.7. The fraction of sp³-hybridized carbons (Fsp3) is 0.636. The van der Waals surface area contributed by atoms with Crippen LogP contribution in [0.2, 0.25) is 0 Å². The number of fused-ring (bicyclic) bond motifs is 2. The van der Waals surface area contributed by atoms with Crippen LogP contribution >= 0.6 is 0 Å². The van der Waals surface area contributed by atoms with Crippen molar-refractivity contribution in [2.75, 3.05) is 12.4 Å². The number of aromatic nitrogens is 2. The molecule has 1 aromatic rings. The Morgan fingerprint density at radius 1 is 1.50 bits per heavy atom. The third-order valence-electron chi connectivity index (χ3n) is 3.98. The first-order valence-electron chi connectivity index (χ1n) is 6.48. The number of aryl methyl sites for hydroxylation is 1. The molecule has 11 heteroatoms. The fourth-order valence-electron chi connectivity index (χ4n) is 2.86. The number of aliphatic hydroxyl groups excluding tert-OH is 2. The predicted molar refractivity (Wildman–Crippen MR) is 72.7 cm³/mol. The fourth-order valence-corrected chi connectivity index (χ4v) is 4.58. The first-order valence-corrected chi connectivity index (χ1v) is 8.13. The summed E-state index contributed by atoms with van der Waals surface area (Å²) in [4.78, 5) is 25.4. The van der Waals surface area contributed by atoms with Crippen LogP contribution in [0.1, 0.15) is 11.8 Å². The molecule has 2 aliphatic heterocycles.